The van der Waals surface area contributed by atoms with Crippen molar-refractivity contribution in [2.75, 3.05) is 76.8 Å². The summed E-state index contributed by atoms with van der Waals surface area (Å²) in [6, 6.07) is -1.80. The maximum Gasteiger partial charge on any atom is 0.243 e. The fourth-order valence-corrected chi connectivity index (χ4v) is 6.31. The van der Waals surface area contributed by atoms with Crippen LogP contribution in [0.4, 0.5) is 0 Å². The lowest BCUT2D eigenvalue weighted by molar-refractivity contribution is -0.131. The number of thiol groups is 3. The first-order valence-corrected chi connectivity index (χ1v) is 27.0. The zero-order valence-corrected chi connectivity index (χ0v) is 43.3. The van der Waals surface area contributed by atoms with Gasteiger partial charge in [0.15, 0.2) is 17.3 Å². The number of carbonyl (C=O) groups is 10. The summed E-state index contributed by atoms with van der Waals surface area (Å²) in [4.78, 5) is 114. The van der Waals surface area contributed by atoms with Crippen LogP contribution in [0.15, 0.2) is 12.2 Å². The molecular weight excluding hydrogens is 969 g/mol. The summed E-state index contributed by atoms with van der Waals surface area (Å²) in [5, 5.41) is 15.0. The maximum atomic E-state index is 12.1. The number of nitrogens with one attached hydrogen (secondary N) is 6. The number of unbranched alkanes of at least 4 members (excludes halogenated alkanes) is 4. The predicted molar refractivity (Wildman–Crippen MR) is 286 cm³/mol. The van der Waals surface area contributed by atoms with Crippen LogP contribution >= 0.6 is 71.2 Å². The highest BCUT2D eigenvalue weighted by atomic mass is 33.1. The molecule has 66 heavy (non-hydrogen) atoms. The number of ketones is 4. The van der Waals surface area contributed by atoms with Crippen LogP contribution in [-0.2, 0) is 47.9 Å². The predicted octanol–water partition coefficient (Wildman–Crippen LogP) is 2.52. The van der Waals surface area contributed by atoms with E-state index in [0.717, 1.165) is 43.6 Å². The smallest absolute Gasteiger partial charge is 0.243 e. The van der Waals surface area contributed by atoms with Crippen molar-refractivity contribution in [3.8, 4) is 0 Å². The van der Waals surface area contributed by atoms with Gasteiger partial charge in [-0.2, -0.15) is 49.6 Å². The van der Waals surface area contributed by atoms with Crippen molar-refractivity contribution in [2.24, 2.45) is 11.5 Å². The third kappa shape index (κ3) is 45.1. The second-order valence-corrected chi connectivity index (χ2v) is 17.4. The lowest BCUT2D eigenvalue weighted by atomic mass is 10.1. The highest BCUT2D eigenvalue weighted by Crippen LogP contribution is 2.25. The number of amides is 6. The molecule has 10 N–H and O–H groups in total. The van der Waals surface area contributed by atoms with Crippen LogP contribution < -0.4 is 43.4 Å². The van der Waals surface area contributed by atoms with Crippen molar-refractivity contribution in [1.29, 1.82) is 0 Å². The number of Topliss-reactive ketones (excluding diaryl/α,β-unsaturated/α-hetero) is 2. The van der Waals surface area contributed by atoms with Gasteiger partial charge < -0.3 is 43.4 Å². The van der Waals surface area contributed by atoms with E-state index in [4.69, 9.17) is 11.5 Å². The number of hydrogen-bond acceptors (Lipinski definition) is 18. The van der Waals surface area contributed by atoms with E-state index in [9.17, 15) is 47.9 Å². The Kier molecular flexibility index (Phi) is 60.3. The monoisotopic (exact) mass is 1050 g/mol. The largest absolute Gasteiger partial charge is 0.359 e. The van der Waals surface area contributed by atoms with E-state index < -0.39 is 23.9 Å². The van der Waals surface area contributed by atoms with E-state index in [1.807, 2.05) is 0 Å². The average Bonchev–Trinajstić information content (AvgIpc) is 3.85. The van der Waals surface area contributed by atoms with Crippen LogP contribution in [0.5, 0.6) is 0 Å². The highest BCUT2D eigenvalue weighted by Gasteiger charge is 2.31. The molecule has 2 aliphatic rings. The number of nitrogens with two attached hydrogens (primary N) is 2. The first-order valence-electron chi connectivity index (χ1n) is 20.5. The normalized spacial score (nSPS) is 13.7. The molecule has 2 aliphatic carbocycles. The van der Waals surface area contributed by atoms with Gasteiger partial charge in [0.05, 0.1) is 30.9 Å². The molecular formula is C42H82N8O10S6. The first-order chi connectivity index (χ1) is 30.6. The molecule has 0 saturated heterocycles. The standard InChI is InChI=1S/C18H30N4O5S.C13H26N4O3S.C5H4O2.C2H6S2.2CH4S.2CH4/c1-20-17(26)11-13(18(27)21-7-6-19)22-16(25)5-3-2-4-8-28-15-10-12(23)9-14(15)24;1-15-12(19)9-10(13(20)16-7-6-14)17-11(18)5-3-2-4-8-21;6-4-1-2-5(7)3-4;1-3-4-2;2*1-2;;/h13,15H,2-11,19H2,1H3,(H,20,26)(H,21,27)(H,22,25);10,21H,2-9,14H2,1H3,(H,15,19)(H,16,20)(H,17,18);1-2H,3H2;1-2H3;2*2H,1H3;2*1H4/t13-,15?;10-;;;;;;/m00....../s1. The molecule has 24 heteroatoms. The van der Waals surface area contributed by atoms with Gasteiger partial charge in [0.2, 0.25) is 35.4 Å². The van der Waals surface area contributed by atoms with Gasteiger partial charge in [-0.25, -0.2) is 0 Å². The Morgan fingerprint density at radius 2 is 1.06 bits per heavy atom. The molecule has 0 spiro atoms. The molecule has 0 aromatic rings. The van der Waals surface area contributed by atoms with Crippen molar-refractivity contribution in [2.45, 2.75) is 116 Å². The van der Waals surface area contributed by atoms with Crippen LogP contribution in [0.1, 0.15) is 98.3 Å². The van der Waals surface area contributed by atoms with E-state index in [-0.39, 0.29) is 112 Å². The van der Waals surface area contributed by atoms with Crippen molar-refractivity contribution in [3.05, 3.63) is 12.2 Å². The van der Waals surface area contributed by atoms with Gasteiger partial charge in [-0.1, -0.05) is 49.3 Å². The molecule has 0 aromatic heterocycles. The molecule has 1 saturated carbocycles. The van der Waals surface area contributed by atoms with Gasteiger partial charge >= 0.3 is 0 Å². The van der Waals surface area contributed by atoms with E-state index in [0.29, 0.717) is 32.4 Å². The van der Waals surface area contributed by atoms with Gasteiger partial charge in [-0.15, -0.1) is 0 Å². The van der Waals surface area contributed by atoms with Gasteiger partial charge in [0.25, 0.3) is 0 Å². The molecule has 1 unspecified atom stereocenters. The average molecular weight is 1050 g/mol. The molecule has 0 heterocycles. The van der Waals surface area contributed by atoms with Gasteiger partial charge in [0.1, 0.15) is 17.9 Å². The molecule has 0 aromatic carbocycles. The lowest BCUT2D eigenvalue weighted by Crippen LogP contribution is -2.49. The molecule has 2 rings (SSSR count). The van der Waals surface area contributed by atoms with Crippen LogP contribution in [0.3, 0.4) is 0 Å². The van der Waals surface area contributed by atoms with Crippen molar-refractivity contribution >= 4 is 130 Å². The number of thioether (sulfide) groups is 1. The summed E-state index contributed by atoms with van der Waals surface area (Å²) >= 11 is 12.7. The Morgan fingerprint density at radius 1 is 0.652 bits per heavy atom. The van der Waals surface area contributed by atoms with E-state index in [2.05, 4.69) is 82.3 Å². The second-order valence-electron chi connectivity index (χ2n) is 13.0. The summed E-state index contributed by atoms with van der Waals surface area (Å²) < 4.78 is 0. The molecule has 6 amide bonds. The first kappa shape index (κ1) is 74.8. The highest BCUT2D eigenvalue weighted by molar-refractivity contribution is 8.76. The molecule has 0 radical (unpaired) electrons. The zero-order valence-electron chi connectivity index (χ0n) is 38.1. The van der Waals surface area contributed by atoms with Gasteiger partial charge in [-0.05, 0) is 74.4 Å². The minimum Gasteiger partial charge on any atom is -0.359 e. The number of rotatable bonds is 25. The van der Waals surface area contributed by atoms with Crippen molar-refractivity contribution < 1.29 is 47.9 Å². The van der Waals surface area contributed by atoms with Gasteiger partial charge in [-0.3, -0.25) is 47.9 Å². The van der Waals surface area contributed by atoms with E-state index in [1.165, 1.54) is 38.0 Å². The van der Waals surface area contributed by atoms with Crippen LogP contribution in [-0.4, -0.2) is 153 Å². The molecule has 1 fully saturated rings. The maximum absolute atomic E-state index is 12.1. The molecule has 0 aliphatic heterocycles. The summed E-state index contributed by atoms with van der Waals surface area (Å²) in [6.45, 7) is 1.15. The zero-order chi connectivity index (χ0) is 49.7. The Morgan fingerprint density at radius 3 is 1.36 bits per heavy atom. The number of allylic oxidation sites excluding steroid dienone is 2. The molecule has 3 atom stereocenters. The summed E-state index contributed by atoms with van der Waals surface area (Å²) in [5.41, 5.74) is 10.7. The Labute approximate surface area is 423 Å². The molecule has 0 bridgehead atoms. The number of carbonyl (C=O) groups excluding carboxylic acids is 10. The van der Waals surface area contributed by atoms with E-state index >= 15 is 0 Å². The quantitative estimate of drug-likeness (QED) is 0.0271. The third-order valence-corrected chi connectivity index (χ3v) is 11.1. The summed E-state index contributed by atoms with van der Waals surface area (Å²) in [5.74, 6) is -0.563. The van der Waals surface area contributed by atoms with Crippen molar-refractivity contribution in [3.63, 3.8) is 0 Å². The lowest BCUT2D eigenvalue weighted by Gasteiger charge is -2.17. The minimum absolute atomic E-state index is 0. The third-order valence-electron chi connectivity index (χ3n) is 8.07. The second kappa shape index (κ2) is 53.2. The van der Waals surface area contributed by atoms with Crippen LogP contribution in [0.25, 0.3) is 0 Å². The van der Waals surface area contributed by atoms with Crippen LogP contribution in [0, 0.1) is 0 Å². The Balaban J connectivity index is -0.000000207. The molecule has 18 nitrogen and oxygen atoms in total. The Hall–Kier alpha value is -2.74. The van der Waals surface area contributed by atoms with Gasteiger partial charge in [0, 0.05) is 59.5 Å². The molecule has 386 valence electrons. The van der Waals surface area contributed by atoms with E-state index in [1.54, 1.807) is 34.1 Å². The summed E-state index contributed by atoms with van der Waals surface area (Å²) in [6.07, 6.45) is 15.9. The summed E-state index contributed by atoms with van der Waals surface area (Å²) in [7, 11) is 6.49. The number of hydrogen-bond donors (Lipinski definition) is 11. The van der Waals surface area contributed by atoms with Crippen molar-refractivity contribution in [1.82, 2.24) is 31.9 Å². The minimum atomic E-state index is -0.930. The SMILES string of the molecule is C.C.CNC(=O)C[C@H](NC(=O)CCCCCS)C(=O)NCCN.CNC(=O)C[C@H](NC(=O)CCCCCSC1CC(=O)CC1=O)C(=O)NCCN.CS.CS.CSSC.O=C1C=CC(=O)C1. The van der Waals surface area contributed by atoms with Crippen LogP contribution in [0.2, 0.25) is 0 Å². The Bertz CT molecular complexity index is 1400. The fraction of sp³-hybridized carbons (Fsp3) is 0.714. The fourth-order valence-electron chi connectivity index (χ4n) is 4.86. The topological polar surface area (TPSA) is 295 Å².